The Morgan fingerprint density at radius 3 is 2.07 bits per heavy atom. The van der Waals surface area contributed by atoms with Crippen LogP contribution in [-0.2, 0) is 4.74 Å². The number of non-ortho nitro benzene ring substituents is 1. The molecule has 11 nitrogen and oxygen atoms in total. The Kier molecular flexibility index (Phi) is 8.40. The second-order valence-electron chi connectivity index (χ2n) is 11.6. The van der Waals surface area contributed by atoms with Gasteiger partial charge in [0.15, 0.2) is 0 Å². The molecule has 2 fully saturated rings. The molecule has 2 aliphatic heterocycles. The Morgan fingerprint density at radius 1 is 0.905 bits per heavy atom. The number of anilines is 1. The van der Waals surface area contributed by atoms with Crippen molar-refractivity contribution in [3.8, 4) is 5.69 Å². The van der Waals surface area contributed by atoms with Crippen LogP contribution < -0.4 is 4.90 Å². The molecule has 0 N–H and O–H groups in total. The van der Waals surface area contributed by atoms with Crippen molar-refractivity contribution < 1.29 is 19.2 Å². The highest BCUT2D eigenvalue weighted by molar-refractivity contribution is 6.30. The maximum atomic E-state index is 13.9. The number of aromatic nitrogens is 2. The van der Waals surface area contributed by atoms with Gasteiger partial charge in [-0.1, -0.05) is 11.6 Å². The van der Waals surface area contributed by atoms with Gasteiger partial charge in [-0.25, -0.2) is 9.48 Å². The summed E-state index contributed by atoms with van der Waals surface area (Å²) in [6.07, 6.45) is 2.51. The van der Waals surface area contributed by atoms with Crippen LogP contribution in [-0.4, -0.2) is 81.4 Å². The number of amides is 2. The average Bonchev–Trinajstić information content (AvgIpc) is 3.42. The van der Waals surface area contributed by atoms with Crippen LogP contribution >= 0.6 is 11.6 Å². The number of halogens is 1. The summed E-state index contributed by atoms with van der Waals surface area (Å²) >= 11 is 6.04. The lowest BCUT2D eigenvalue weighted by molar-refractivity contribution is -0.384. The molecular weight excluding hydrogens is 560 g/mol. The first-order valence-corrected chi connectivity index (χ1v) is 14.5. The van der Waals surface area contributed by atoms with Crippen molar-refractivity contribution in [3.05, 3.63) is 81.1 Å². The first-order chi connectivity index (χ1) is 20.0. The molecule has 5 rings (SSSR count). The fourth-order valence-electron chi connectivity index (χ4n) is 5.49. The third-order valence-corrected chi connectivity index (χ3v) is 7.89. The zero-order valence-electron chi connectivity index (χ0n) is 24.0. The van der Waals surface area contributed by atoms with E-state index in [4.69, 9.17) is 16.3 Å². The van der Waals surface area contributed by atoms with Gasteiger partial charge in [-0.05, 0) is 70.0 Å². The van der Waals surface area contributed by atoms with Gasteiger partial charge in [0.05, 0.1) is 28.1 Å². The number of nitro benzene ring substituents is 1. The van der Waals surface area contributed by atoms with Gasteiger partial charge in [0.25, 0.3) is 11.6 Å². The number of likely N-dealkylation sites (tertiary alicyclic amines) is 1. The molecule has 3 aromatic rings. The average molecular weight is 595 g/mol. The molecule has 0 saturated carbocycles. The van der Waals surface area contributed by atoms with Gasteiger partial charge in [0, 0.05) is 68.0 Å². The molecule has 0 atom stereocenters. The normalized spacial score (nSPS) is 16.4. The molecular formula is C30H35ClN6O5. The zero-order chi connectivity index (χ0) is 30.0. The van der Waals surface area contributed by atoms with E-state index in [0.717, 1.165) is 11.4 Å². The zero-order valence-corrected chi connectivity index (χ0v) is 24.8. The Balaban J connectivity index is 1.37. The molecule has 1 aromatic heterocycles. The number of carbonyl (C=O) groups is 2. The summed E-state index contributed by atoms with van der Waals surface area (Å²) in [7, 11) is 0. The van der Waals surface area contributed by atoms with Crippen LogP contribution in [0.15, 0.2) is 54.7 Å². The van der Waals surface area contributed by atoms with E-state index in [1.807, 2.05) is 49.9 Å². The number of benzene rings is 2. The van der Waals surface area contributed by atoms with Gasteiger partial charge < -0.3 is 19.4 Å². The molecule has 0 bridgehead atoms. The number of piperidine rings is 1. The number of carbonyl (C=O) groups excluding carboxylic acids is 2. The highest BCUT2D eigenvalue weighted by atomic mass is 35.5. The summed E-state index contributed by atoms with van der Waals surface area (Å²) in [6, 6.07) is 13.8. The minimum absolute atomic E-state index is 0.0204. The first-order valence-electron chi connectivity index (χ1n) is 14.1. The van der Waals surface area contributed by atoms with E-state index in [1.165, 1.54) is 12.1 Å². The number of ether oxygens (including phenoxy) is 1. The van der Waals surface area contributed by atoms with Crippen LogP contribution in [0.5, 0.6) is 0 Å². The lowest BCUT2D eigenvalue weighted by Crippen LogP contribution is -2.49. The van der Waals surface area contributed by atoms with Gasteiger partial charge in [-0.2, -0.15) is 5.10 Å². The molecule has 222 valence electrons. The van der Waals surface area contributed by atoms with E-state index in [0.29, 0.717) is 68.4 Å². The number of nitro groups is 1. The van der Waals surface area contributed by atoms with Crippen molar-refractivity contribution in [2.24, 2.45) is 0 Å². The Hall–Kier alpha value is -4.12. The molecule has 42 heavy (non-hydrogen) atoms. The minimum Gasteiger partial charge on any atom is -0.444 e. The van der Waals surface area contributed by atoms with E-state index in [1.54, 1.807) is 27.9 Å². The summed E-state index contributed by atoms with van der Waals surface area (Å²) in [6.45, 7) is 8.98. The fraction of sp³-hybridized carbons (Fsp3) is 0.433. The molecule has 0 aliphatic carbocycles. The lowest BCUT2D eigenvalue weighted by Gasteiger charge is -2.37. The molecule has 2 amide bonds. The summed E-state index contributed by atoms with van der Waals surface area (Å²) in [5.41, 5.74) is 2.38. The second-order valence-corrected chi connectivity index (χ2v) is 12.1. The number of rotatable bonds is 5. The number of hydrogen-bond acceptors (Lipinski definition) is 7. The summed E-state index contributed by atoms with van der Waals surface area (Å²) in [4.78, 5) is 43.1. The fourth-order valence-corrected chi connectivity index (χ4v) is 5.61. The van der Waals surface area contributed by atoms with E-state index in [2.05, 4.69) is 10.00 Å². The van der Waals surface area contributed by atoms with Crippen LogP contribution in [0, 0.1) is 10.1 Å². The predicted molar refractivity (Wildman–Crippen MR) is 160 cm³/mol. The van der Waals surface area contributed by atoms with Gasteiger partial charge in [0.2, 0.25) is 0 Å². The topological polar surface area (TPSA) is 114 Å². The molecule has 0 unspecified atom stereocenters. The van der Waals surface area contributed by atoms with Gasteiger partial charge in [-0.15, -0.1) is 0 Å². The third-order valence-electron chi connectivity index (χ3n) is 7.63. The SMILES string of the molecule is CC(C)(C)OC(=O)N1CCC(c2c(C(=O)N3CCN(c4ccc(Cl)cc4)CC3)cnn2-c2ccc([N+](=O)[O-])cc2)CC1. The molecule has 0 radical (unpaired) electrons. The maximum Gasteiger partial charge on any atom is 0.410 e. The smallest absolute Gasteiger partial charge is 0.410 e. The van der Waals surface area contributed by atoms with Crippen molar-refractivity contribution >= 4 is 35.0 Å². The molecule has 2 saturated heterocycles. The maximum absolute atomic E-state index is 13.9. The number of hydrogen-bond donors (Lipinski definition) is 0. The van der Waals surface area contributed by atoms with E-state index < -0.39 is 10.5 Å². The van der Waals surface area contributed by atoms with Gasteiger partial charge in [-0.3, -0.25) is 14.9 Å². The Morgan fingerprint density at radius 2 is 1.50 bits per heavy atom. The third kappa shape index (κ3) is 6.51. The van der Waals surface area contributed by atoms with Crippen molar-refractivity contribution in [3.63, 3.8) is 0 Å². The first kappa shape index (κ1) is 29.4. The lowest BCUT2D eigenvalue weighted by atomic mass is 9.90. The van der Waals surface area contributed by atoms with Crippen LogP contribution in [0.1, 0.15) is 55.6 Å². The molecule has 0 spiro atoms. The van der Waals surface area contributed by atoms with Crippen LogP contribution in [0.3, 0.4) is 0 Å². The predicted octanol–water partition coefficient (Wildman–Crippen LogP) is 5.51. The van der Waals surface area contributed by atoms with Crippen LogP contribution in [0.2, 0.25) is 5.02 Å². The van der Waals surface area contributed by atoms with Crippen molar-refractivity contribution in [1.29, 1.82) is 0 Å². The highest BCUT2D eigenvalue weighted by Gasteiger charge is 2.34. The molecule has 2 aliphatic rings. The standard InChI is InChI=1S/C30H35ClN6O5/c1-30(2,3)42-29(39)35-14-12-21(13-15-35)27-26(20-32-36(27)24-8-10-25(11-9-24)37(40)41)28(38)34-18-16-33(17-19-34)23-6-4-22(31)5-7-23/h4-11,20-21H,12-19H2,1-3H3. The van der Waals surface area contributed by atoms with Crippen molar-refractivity contribution in [1.82, 2.24) is 19.6 Å². The molecule has 3 heterocycles. The van der Waals surface area contributed by atoms with Crippen molar-refractivity contribution in [2.75, 3.05) is 44.2 Å². The quantitative estimate of drug-likeness (QED) is 0.282. The Bertz CT molecular complexity index is 1430. The minimum atomic E-state index is -0.584. The van der Waals surface area contributed by atoms with E-state index >= 15 is 0 Å². The van der Waals surface area contributed by atoms with Gasteiger partial charge >= 0.3 is 6.09 Å². The largest absolute Gasteiger partial charge is 0.444 e. The van der Waals surface area contributed by atoms with E-state index in [-0.39, 0.29) is 23.6 Å². The summed E-state index contributed by atoms with van der Waals surface area (Å²) < 4.78 is 7.27. The second kappa shape index (κ2) is 12.0. The molecule has 2 aromatic carbocycles. The summed E-state index contributed by atoms with van der Waals surface area (Å²) in [5.74, 6) is -0.140. The monoisotopic (exact) mass is 594 g/mol. The number of piperazine rings is 1. The van der Waals surface area contributed by atoms with Crippen molar-refractivity contribution in [2.45, 2.75) is 45.1 Å². The van der Waals surface area contributed by atoms with Gasteiger partial charge in [0.1, 0.15) is 5.60 Å². The Labute approximate surface area is 249 Å². The summed E-state index contributed by atoms with van der Waals surface area (Å²) in [5, 5.41) is 16.5. The molecule has 12 heteroatoms. The van der Waals surface area contributed by atoms with E-state index in [9.17, 15) is 19.7 Å². The van der Waals surface area contributed by atoms with Crippen LogP contribution in [0.4, 0.5) is 16.2 Å². The highest BCUT2D eigenvalue weighted by Crippen LogP contribution is 2.34. The van der Waals surface area contributed by atoms with Crippen LogP contribution in [0.25, 0.3) is 5.69 Å². The number of nitrogens with zero attached hydrogens (tertiary/aromatic N) is 6.